The van der Waals surface area contributed by atoms with E-state index in [4.69, 9.17) is 4.74 Å². The minimum atomic E-state index is -0.205. The second kappa shape index (κ2) is 10.7. The van der Waals surface area contributed by atoms with Gasteiger partial charge in [-0.05, 0) is 68.3 Å². The molecule has 1 fully saturated rings. The van der Waals surface area contributed by atoms with E-state index < -0.39 is 0 Å². The van der Waals surface area contributed by atoms with Gasteiger partial charge in [0.2, 0.25) is 5.91 Å². The maximum Gasteiger partial charge on any atom is 0.255 e. The third-order valence-electron chi connectivity index (χ3n) is 5.63. The standard InChI is InChI=1S/C25H29N5O3/c1-2-33-22-13-11-20(12-14-22)28-25(32)18-7-9-19(10-8-18)26-17-24(31)29-23-15-16-27-30(23)21-5-3-4-6-21/h7-16,21,26H,2-6,17H2,1H3,(H,28,32)(H,29,31). The van der Waals surface area contributed by atoms with Crippen molar-refractivity contribution in [2.24, 2.45) is 0 Å². The number of nitrogens with one attached hydrogen (secondary N) is 3. The summed E-state index contributed by atoms with van der Waals surface area (Å²) in [5.41, 5.74) is 1.98. The van der Waals surface area contributed by atoms with Gasteiger partial charge in [-0.3, -0.25) is 9.59 Å². The quantitative estimate of drug-likeness (QED) is 0.442. The molecule has 8 heteroatoms. The van der Waals surface area contributed by atoms with Crippen LogP contribution in [0.1, 0.15) is 49.0 Å². The van der Waals surface area contributed by atoms with Crippen molar-refractivity contribution in [1.29, 1.82) is 0 Å². The fourth-order valence-electron chi connectivity index (χ4n) is 3.97. The lowest BCUT2D eigenvalue weighted by molar-refractivity contribution is -0.114. The van der Waals surface area contributed by atoms with Gasteiger partial charge < -0.3 is 20.7 Å². The van der Waals surface area contributed by atoms with E-state index in [-0.39, 0.29) is 18.4 Å². The molecule has 2 amide bonds. The summed E-state index contributed by atoms with van der Waals surface area (Å²) in [6.07, 6.45) is 6.32. The summed E-state index contributed by atoms with van der Waals surface area (Å²) >= 11 is 0. The van der Waals surface area contributed by atoms with Crippen LogP contribution in [0.4, 0.5) is 17.2 Å². The third kappa shape index (κ3) is 5.91. The summed E-state index contributed by atoms with van der Waals surface area (Å²) < 4.78 is 7.33. The first-order chi connectivity index (χ1) is 16.1. The first-order valence-electron chi connectivity index (χ1n) is 11.3. The molecule has 0 unspecified atom stereocenters. The molecule has 1 aliphatic carbocycles. The molecule has 3 N–H and O–H groups in total. The molecule has 1 saturated carbocycles. The molecule has 0 bridgehead atoms. The van der Waals surface area contributed by atoms with Gasteiger partial charge in [0.05, 0.1) is 25.4 Å². The number of aromatic nitrogens is 2. The van der Waals surface area contributed by atoms with Crippen LogP contribution in [0.5, 0.6) is 5.75 Å². The summed E-state index contributed by atoms with van der Waals surface area (Å²) in [6, 6.07) is 16.4. The maximum atomic E-state index is 12.5. The van der Waals surface area contributed by atoms with Crippen LogP contribution in [0.15, 0.2) is 60.8 Å². The van der Waals surface area contributed by atoms with Crippen molar-refractivity contribution < 1.29 is 14.3 Å². The highest BCUT2D eigenvalue weighted by Gasteiger charge is 2.20. The second-order valence-corrected chi connectivity index (χ2v) is 7.99. The van der Waals surface area contributed by atoms with E-state index in [2.05, 4.69) is 21.0 Å². The molecular weight excluding hydrogens is 418 g/mol. The van der Waals surface area contributed by atoms with E-state index in [1.807, 2.05) is 29.8 Å². The molecule has 0 spiro atoms. The largest absolute Gasteiger partial charge is 0.494 e. The van der Waals surface area contributed by atoms with Crippen LogP contribution < -0.4 is 20.7 Å². The fraction of sp³-hybridized carbons (Fsp3) is 0.320. The maximum absolute atomic E-state index is 12.5. The SMILES string of the molecule is CCOc1ccc(NC(=O)c2ccc(NCC(=O)Nc3ccnn3C3CCCC3)cc2)cc1. The van der Waals surface area contributed by atoms with E-state index in [1.165, 1.54) is 12.8 Å². The normalized spacial score (nSPS) is 13.5. The van der Waals surface area contributed by atoms with E-state index in [1.54, 1.807) is 42.6 Å². The molecule has 172 valence electrons. The summed E-state index contributed by atoms with van der Waals surface area (Å²) in [7, 11) is 0. The Bertz CT molecular complexity index is 1070. The first kappa shape index (κ1) is 22.4. The molecule has 33 heavy (non-hydrogen) atoms. The van der Waals surface area contributed by atoms with Crippen LogP contribution in [-0.4, -0.2) is 34.7 Å². The molecule has 1 aromatic heterocycles. The highest BCUT2D eigenvalue weighted by molar-refractivity contribution is 6.04. The molecule has 1 heterocycles. The zero-order valence-corrected chi connectivity index (χ0v) is 18.7. The monoisotopic (exact) mass is 447 g/mol. The number of amides is 2. The average molecular weight is 448 g/mol. The van der Waals surface area contributed by atoms with Crippen LogP contribution in [0.3, 0.4) is 0 Å². The molecular formula is C25H29N5O3. The Hall–Kier alpha value is -3.81. The van der Waals surface area contributed by atoms with Crippen molar-refractivity contribution in [3.8, 4) is 5.75 Å². The van der Waals surface area contributed by atoms with E-state index in [0.717, 1.165) is 30.1 Å². The van der Waals surface area contributed by atoms with Gasteiger partial charge in [-0.2, -0.15) is 5.10 Å². The Morgan fingerprint density at radius 3 is 2.36 bits per heavy atom. The Morgan fingerprint density at radius 2 is 1.67 bits per heavy atom. The third-order valence-corrected chi connectivity index (χ3v) is 5.63. The van der Waals surface area contributed by atoms with Crippen molar-refractivity contribution in [1.82, 2.24) is 9.78 Å². The first-order valence-corrected chi connectivity index (χ1v) is 11.3. The zero-order valence-electron chi connectivity index (χ0n) is 18.7. The van der Waals surface area contributed by atoms with Crippen LogP contribution >= 0.6 is 0 Å². The van der Waals surface area contributed by atoms with Crippen LogP contribution in [0.2, 0.25) is 0 Å². The molecule has 8 nitrogen and oxygen atoms in total. The molecule has 0 aliphatic heterocycles. The number of hydrogen-bond acceptors (Lipinski definition) is 5. The fourth-order valence-corrected chi connectivity index (χ4v) is 3.97. The number of carbonyl (C=O) groups excluding carboxylic acids is 2. The molecule has 0 atom stereocenters. The Kier molecular flexibility index (Phi) is 7.24. The predicted octanol–water partition coefficient (Wildman–Crippen LogP) is 4.70. The second-order valence-electron chi connectivity index (χ2n) is 7.99. The van der Waals surface area contributed by atoms with Crippen molar-refractivity contribution in [2.75, 3.05) is 29.1 Å². The van der Waals surface area contributed by atoms with Crippen LogP contribution in [0, 0.1) is 0 Å². The molecule has 0 radical (unpaired) electrons. The van der Waals surface area contributed by atoms with Gasteiger partial charge in [0.25, 0.3) is 5.91 Å². The lowest BCUT2D eigenvalue weighted by Gasteiger charge is -2.15. The van der Waals surface area contributed by atoms with Gasteiger partial charge in [0.1, 0.15) is 11.6 Å². The van der Waals surface area contributed by atoms with Crippen LogP contribution in [0.25, 0.3) is 0 Å². The number of nitrogens with zero attached hydrogens (tertiary/aromatic N) is 2. The predicted molar refractivity (Wildman–Crippen MR) is 129 cm³/mol. The van der Waals surface area contributed by atoms with Crippen molar-refractivity contribution in [3.05, 3.63) is 66.4 Å². The van der Waals surface area contributed by atoms with E-state index in [0.29, 0.717) is 23.9 Å². The number of anilines is 3. The zero-order chi connectivity index (χ0) is 23.0. The Balaban J connectivity index is 1.26. The number of carbonyl (C=O) groups is 2. The van der Waals surface area contributed by atoms with Crippen molar-refractivity contribution >= 4 is 29.0 Å². The van der Waals surface area contributed by atoms with E-state index in [9.17, 15) is 9.59 Å². The molecule has 4 rings (SSSR count). The summed E-state index contributed by atoms with van der Waals surface area (Å²) in [5, 5.41) is 13.3. The molecule has 3 aromatic rings. The topological polar surface area (TPSA) is 97.3 Å². The van der Waals surface area contributed by atoms with Gasteiger partial charge in [-0.1, -0.05) is 12.8 Å². The number of benzene rings is 2. The highest BCUT2D eigenvalue weighted by Crippen LogP contribution is 2.31. The Labute approximate surface area is 193 Å². The summed E-state index contributed by atoms with van der Waals surface area (Å²) in [5.74, 6) is 1.14. The number of hydrogen-bond donors (Lipinski definition) is 3. The molecule has 1 aliphatic rings. The van der Waals surface area contributed by atoms with Gasteiger partial charge in [-0.25, -0.2) is 4.68 Å². The number of ether oxygens (including phenoxy) is 1. The molecule has 2 aromatic carbocycles. The van der Waals surface area contributed by atoms with Gasteiger partial charge in [0, 0.05) is 23.0 Å². The average Bonchev–Trinajstić information content (AvgIpc) is 3.51. The lowest BCUT2D eigenvalue weighted by Crippen LogP contribution is -2.24. The summed E-state index contributed by atoms with van der Waals surface area (Å²) in [4.78, 5) is 24.9. The van der Waals surface area contributed by atoms with Gasteiger partial charge in [-0.15, -0.1) is 0 Å². The highest BCUT2D eigenvalue weighted by atomic mass is 16.5. The van der Waals surface area contributed by atoms with Crippen LogP contribution in [-0.2, 0) is 4.79 Å². The lowest BCUT2D eigenvalue weighted by atomic mass is 10.2. The minimum Gasteiger partial charge on any atom is -0.494 e. The summed E-state index contributed by atoms with van der Waals surface area (Å²) in [6.45, 7) is 2.64. The van der Waals surface area contributed by atoms with E-state index >= 15 is 0 Å². The van der Waals surface area contributed by atoms with Crippen molar-refractivity contribution in [3.63, 3.8) is 0 Å². The smallest absolute Gasteiger partial charge is 0.255 e. The number of rotatable bonds is 9. The van der Waals surface area contributed by atoms with Gasteiger partial charge >= 0.3 is 0 Å². The van der Waals surface area contributed by atoms with Crippen molar-refractivity contribution in [2.45, 2.75) is 38.6 Å². The Morgan fingerprint density at radius 1 is 0.970 bits per heavy atom. The minimum absolute atomic E-state index is 0.119. The van der Waals surface area contributed by atoms with Gasteiger partial charge in [0.15, 0.2) is 0 Å². The molecule has 0 saturated heterocycles.